The van der Waals surface area contributed by atoms with Crippen LogP contribution in [0, 0.1) is 17.8 Å². The minimum absolute atomic E-state index is 0.0234. The lowest BCUT2D eigenvalue weighted by Gasteiger charge is -2.50. The Kier molecular flexibility index (Phi) is 15.5. The van der Waals surface area contributed by atoms with Crippen LogP contribution in [0.1, 0.15) is 178 Å². The summed E-state index contributed by atoms with van der Waals surface area (Å²) in [6.45, 7) is 2.66. The summed E-state index contributed by atoms with van der Waals surface area (Å²) in [5, 5.41) is 32.1. The second-order valence-electron chi connectivity index (χ2n) is 23.4. The molecule has 9 atom stereocenters. The van der Waals surface area contributed by atoms with E-state index in [1.807, 2.05) is 6.92 Å². The van der Waals surface area contributed by atoms with Crippen LogP contribution in [-0.4, -0.2) is 65.9 Å². The fourth-order valence-electron chi connectivity index (χ4n) is 15.2. The zero-order valence-corrected chi connectivity index (χ0v) is 45.1. The SMILES string of the molecule is COC[C@@H](CCO)c1c(CO)c2ccc3c(c2oc1=O)[C@H]1OC(=O)C[C@H]2C[C@H](c4cccc([C@]56CCCC[C@@H]5CCc5ccccc56)c4)C=C[C@H]2c2ccc(cc2)CC/C(=C(\C)CO)C(=O)O[C@@H]1[C@](C)(C1CCCCC1)O3. The first-order chi connectivity index (χ1) is 37.5. The van der Waals surface area contributed by atoms with Crippen molar-refractivity contribution in [1.29, 1.82) is 0 Å². The van der Waals surface area contributed by atoms with E-state index in [0.29, 0.717) is 46.6 Å². The minimum Gasteiger partial charge on any atom is -0.483 e. The number of benzene rings is 4. The number of hydrogen-bond donors (Lipinski definition) is 3. The lowest BCUT2D eigenvalue weighted by Crippen LogP contribution is -2.58. The van der Waals surface area contributed by atoms with Gasteiger partial charge in [0, 0.05) is 65.7 Å². The molecule has 0 unspecified atom stereocenters. The Morgan fingerprint density at radius 1 is 0.805 bits per heavy atom. The predicted molar refractivity (Wildman–Crippen MR) is 295 cm³/mol. The summed E-state index contributed by atoms with van der Waals surface area (Å²) in [6.07, 6.45) is 15.5. The normalized spacial score (nSPS) is 28.7. The Morgan fingerprint density at radius 2 is 1.60 bits per heavy atom. The Morgan fingerprint density at radius 3 is 2.38 bits per heavy atom. The number of aryl methyl sites for hydroxylation is 2. The zero-order chi connectivity index (χ0) is 53.4. The molecule has 4 aliphatic carbocycles. The molecule has 5 aromatic rings. The van der Waals surface area contributed by atoms with Crippen molar-refractivity contribution in [1.82, 2.24) is 0 Å². The molecular formula is C66H76O11. The third-order valence-corrected chi connectivity index (χ3v) is 19.2. The number of hydrogen-bond acceptors (Lipinski definition) is 11. The molecule has 4 heterocycles. The molecule has 0 saturated heterocycles. The number of fused-ring (bicyclic) bond motifs is 14. The van der Waals surface area contributed by atoms with E-state index in [1.54, 1.807) is 19.1 Å². The molecule has 0 spiro atoms. The quantitative estimate of drug-likeness (QED) is 0.0528. The van der Waals surface area contributed by atoms with Gasteiger partial charge in [0.15, 0.2) is 12.2 Å². The van der Waals surface area contributed by atoms with Gasteiger partial charge in [-0.05, 0) is 147 Å². The molecule has 0 amide bonds. The molecule has 3 N–H and O–H groups in total. The number of carbonyl (C=O) groups is 2. The van der Waals surface area contributed by atoms with Gasteiger partial charge in [0.25, 0.3) is 0 Å². The lowest BCUT2D eigenvalue weighted by molar-refractivity contribution is -0.201. The second-order valence-corrected chi connectivity index (χ2v) is 23.4. The van der Waals surface area contributed by atoms with Gasteiger partial charge in [0.05, 0.1) is 25.4 Å². The maximum Gasteiger partial charge on any atom is 0.340 e. The van der Waals surface area contributed by atoms with Crippen LogP contribution in [-0.2, 0) is 48.7 Å². The molecule has 2 fully saturated rings. The third-order valence-electron chi connectivity index (χ3n) is 19.2. The van der Waals surface area contributed by atoms with Gasteiger partial charge in [0.2, 0.25) is 0 Å². The van der Waals surface area contributed by atoms with Gasteiger partial charge in [-0.3, -0.25) is 4.79 Å². The highest BCUT2D eigenvalue weighted by Gasteiger charge is 2.57. The molecule has 406 valence electrons. The number of ether oxygens (including phenoxy) is 4. The first kappa shape index (κ1) is 53.2. The van der Waals surface area contributed by atoms with Gasteiger partial charge in [-0.2, -0.15) is 0 Å². The van der Waals surface area contributed by atoms with Crippen molar-refractivity contribution in [3.63, 3.8) is 0 Å². The van der Waals surface area contributed by atoms with Crippen LogP contribution >= 0.6 is 0 Å². The lowest BCUT2D eigenvalue weighted by atomic mass is 9.54. The zero-order valence-electron chi connectivity index (χ0n) is 45.1. The van der Waals surface area contributed by atoms with E-state index in [0.717, 1.165) is 56.1 Å². The summed E-state index contributed by atoms with van der Waals surface area (Å²) in [6, 6.07) is 30.4. The molecule has 2 bridgehead atoms. The molecule has 3 aliphatic heterocycles. The van der Waals surface area contributed by atoms with Crippen LogP contribution in [0.15, 0.2) is 117 Å². The summed E-state index contributed by atoms with van der Waals surface area (Å²) >= 11 is 0. The molecular weight excluding hydrogens is 969 g/mol. The fraction of sp³-hybridized carbons (Fsp3) is 0.500. The summed E-state index contributed by atoms with van der Waals surface area (Å²) < 4.78 is 32.8. The molecule has 0 radical (unpaired) electrons. The maximum atomic E-state index is 15.5. The van der Waals surface area contributed by atoms with Crippen LogP contribution in [0.5, 0.6) is 5.75 Å². The topological polar surface area (TPSA) is 162 Å². The van der Waals surface area contributed by atoms with Crippen molar-refractivity contribution in [2.45, 2.75) is 164 Å². The van der Waals surface area contributed by atoms with Crippen molar-refractivity contribution < 1.29 is 48.3 Å². The van der Waals surface area contributed by atoms with Gasteiger partial charge in [-0.1, -0.05) is 117 Å². The Labute approximate surface area is 452 Å². The Balaban J connectivity index is 1.04. The Hall–Kier alpha value is -5.85. The van der Waals surface area contributed by atoms with Crippen molar-refractivity contribution in [2.24, 2.45) is 17.8 Å². The van der Waals surface area contributed by atoms with E-state index in [4.69, 9.17) is 23.4 Å². The standard InChI is InChI=1S/C66H76O11/c1-40(37-68)51-27-21-41-19-22-42(23-20-41)52-28-25-45(44-13-11-17-50(35-44)66-32-10-9-16-49(66)26-24-43-12-7-8-18-55(43)66)34-47(52)36-57(70)74-61-59-56(77-65(2,62(61)76-63(51)71)48-14-5-4-6-15-48)30-29-53-54(38-69)58(64(72)75-60(53)59)46(31-33-67)39-73-3/h7-8,11-13,17-20,22-23,25,28-30,35,45-49,52,61-62,67-69H,4-6,9-10,14-16,21,24,26-27,31-34,36-39H2,1-3H3/b51-40-/t45-,46-,47-,49-,52+,61-,62+,65+,66+/m1/s1. The van der Waals surface area contributed by atoms with E-state index in [9.17, 15) is 20.1 Å². The molecule has 12 rings (SSSR count). The minimum atomic E-state index is -1.31. The number of rotatable bonds is 10. The van der Waals surface area contributed by atoms with Crippen LogP contribution < -0.4 is 10.4 Å². The average molecular weight is 1050 g/mol. The third kappa shape index (κ3) is 9.82. The van der Waals surface area contributed by atoms with Gasteiger partial charge in [-0.25, -0.2) is 9.59 Å². The number of aliphatic hydroxyl groups is 3. The van der Waals surface area contributed by atoms with E-state index in [1.165, 1.54) is 55.0 Å². The first-order valence-electron chi connectivity index (χ1n) is 28.7. The van der Waals surface area contributed by atoms with Crippen LogP contribution in [0.25, 0.3) is 11.0 Å². The fourth-order valence-corrected chi connectivity index (χ4v) is 15.2. The van der Waals surface area contributed by atoms with Gasteiger partial charge in [0.1, 0.15) is 16.9 Å². The molecule has 1 aromatic heterocycles. The summed E-state index contributed by atoms with van der Waals surface area (Å²) in [7, 11) is 1.51. The number of methoxy groups -OCH3 is 1. The van der Waals surface area contributed by atoms with E-state index >= 15 is 9.59 Å². The highest BCUT2D eigenvalue weighted by molar-refractivity contribution is 5.90. The highest BCUT2D eigenvalue weighted by atomic mass is 16.6. The molecule has 11 nitrogen and oxygen atoms in total. The van der Waals surface area contributed by atoms with E-state index < -0.39 is 47.9 Å². The van der Waals surface area contributed by atoms with Crippen LogP contribution in [0.2, 0.25) is 0 Å². The molecule has 2 saturated carbocycles. The van der Waals surface area contributed by atoms with E-state index in [2.05, 4.69) is 84.9 Å². The van der Waals surface area contributed by atoms with Crippen LogP contribution in [0.3, 0.4) is 0 Å². The van der Waals surface area contributed by atoms with Gasteiger partial charge in [-0.15, -0.1) is 0 Å². The molecule has 7 aliphatic rings. The summed E-state index contributed by atoms with van der Waals surface area (Å²) in [5.74, 6) is -1.22. The number of carbonyl (C=O) groups excluding carboxylic acids is 2. The smallest absolute Gasteiger partial charge is 0.340 e. The summed E-state index contributed by atoms with van der Waals surface area (Å²) in [4.78, 5) is 45.0. The van der Waals surface area contributed by atoms with Crippen molar-refractivity contribution in [3.05, 3.63) is 169 Å². The number of allylic oxidation sites excluding steroid dienone is 2. The van der Waals surface area contributed by atoms with E-state index in [-0.39, 0.29) is 84.9 Å². The van der Waals surface area contributed by atoms with Crippen molar-refractivity contribution in [3.8, 4) is 5.75 Å². The average Bonchev–Trinajstić information content (AvgIpc) is 3.61. The van der Waals surface area contributed by atoms with Crippen molar-refractivity contribution >= 4 is 22.9 Å². The summed E-state index contributed by atoms with van der Waals surface area (Å²) in [5.41, 5.74) is 7.30. The van der Waals surface area contributed by atoms with Crippen molar-refractivity contribution in [2.75, 3.05) is 26.9 Å². The predicted octanol–water partition coefficient (Wildman–Crippen LogP) is 11.8. The molecule has 4 aromatic carbocycles. The maximum absolute atomic E-state index is 15.5. The Bertz CT molecular complexity index is 3100. The second kappa shape index (κ2) is 22.5. The highest BCUT2D eigenvalue weighted by Crippen LogP contribution is 2.56. The number of esters is 2. The molecule has 11 heteroatoms. The van der Waals surface area contributed by atoms with Gasteiger partial charge < -0.3 is 38.7 Å². The first-order valence-corrected chi connectivity index (χ1v) is 28.7. The van der Waals surface area contributed by atoms with Crippen LogP contribution in [0.4, 0.5) is 0 Å². The van der Waals surface area contributed by atoms with Gasteiger partial charge >= 0.3 is 17.6 Å². The number of aliphatic hydroxyl groups excluding tert-OH is 3. The largest absolute Gasteiger partial charge is 0.483 e. The molecule has 77 heavy (non-hydrogen) atoms. The monoisotopic (exact) mass is 1040 g/mol.